The van der Waals surface area contributed by atoms with Crippen LogP contribution < -0.4 is 9.21 Å². The van der Waals surface area contributed by atoms with Gasteiger partial charge in [0.15, 0.2) is 0 Å². The molecule has 0 radical (unpaired) electrons. The highest BCUT2D eigenvalue weighted by Gasteiger charge is 2.34. The fourth-order valence-electron chi connectivity index (χ4n) is 4.25. The number of piperazine rings is 1. The van der Waals surface area contributed by atoms with Crippen molar-refractivity contribution in [2.75, 3.05) is 36.7 Å². The predicted octanol–water partition coefficient (Wildman–Crippen LogP) is 1.39. The topological polar surface area (TPSA) is 62.1 Å². The van der Waals surface area contributed by atoms with Crippen LogP contribution in [0.4, 0.5) is 5.69 Å². The van der Waals surface area contributed by atoms with Crippen molar-refractivity contribution in [2.24, 2.45) is 0 Å². The zero-order valence-electron chi connectivity index (χ0n) is 18.3. The minimum absolute atomic E-state index is 0.140. The average molecular weight is 431 g/mol. The van der Waals surface area contributed by atoms with E-state index in [0.717, 1.165) is 37.0 Å². The molecule has 1 aliphatic heterocycles. The van der Waals surface area contributed by atoms with E-state index in [9.17, 15) is 13.2 Å². The molecule has 0 bridgehead atoms. The number of nitrogens with zero attached hydrogens (tertiary/aromatic N) is 2. The molecular weight excluding hydrogens is 398 g/mol. The minimum atomic E-state index is -3.61. The van der Waals surface area contributed by atoms with Crippen molar-refractivity contribution in [3.8, 4) is 0 Å². The highest BCUT2D eigenvalue weighted by molar-refractivity contribution is 7.92. The Morgan fingerprint density at radius 2 is 1.63 bits per heavy atom. The first-order valence-corrected chi connectivity index (χ1v) is 12.2. The first-order valence-electron chi connectivity index (χ1n) is 10.4. The van der Waals surface area contributed by atoms with Gasteiger partial charge in [0.2, 0.25) is 15.9 Å². The summed E-state index contributed by atoms with van der Waals surface area (Å²) in [5, 5.41) is 0. The molecule has 3 rings (SSSR count). The van der Waals surface area contributed by atoms with Gasteiger partial charge in [-0.2, -0.15) is 0 Å². The third-order valence-electron chi connectivity index (χ3n) is 5.61. The highest BCUT2D eigenvalue weighted by Crippen LogP contribution is 2.24. The fraction of sp³-hybridized carbons (Fsp3) is 0.435. The van der Waals surface area contributed by atoms with E-state index in [1.807, 2.05) is 50.2 Å². The maximum absolute atomic E-state index is 13.2. The average Bonchev–Trinajstić information content (AvgIpc) is 2.67. The summed E-state index contributed by atoms with van der Waals surface area (Å²) < 4.78 is 26.4. The summed E-state index contributed by atoms with van der Waals surface area (Å²) in [5.41, 5.74) is 3.77. The molecule has 0 saturated carbocycles. The lowest BCUT2D eigenvalue weighted by Gasteiger charge is -2.36. The van der Waals surface area contributed by atoms with Crippen LogP contribution in [0.15, 0.2) is 48.5 Å². The maximum atomic E-state index is 13.2. The molecule has 0 spiro atoms. The van der Waals surface area contributed by atoms with E-state index < -0.39 is 16.1 Å². The quantitative estimate of drug-likeness (QED) is 0.753. The molecule has 0 unspecified atom stereocenters. The van der Waals surface area contributed by atoms with E-state index in [-0.39, 0.29) is 5.91 Å². The monoisotopic (exact) mass is 430 g/mol. The van der Waals surface area contributed by atoms with Gasteiger partial charge in [-0.3, -0.25) is 9.10 Å². The van der Waals surface area contributed by atoms with E-state index in [1.54, 1.807) is 11.8 Å². The number of sulfonamides is 1. The van der Waals surface area contributed by atoms with Crippen LogP contribution in [-0.2, 0) is 21.4 Å². The molecule has 1 saturated heterocycles. The molecule has 1 amide bonds. The van der Waals surface area contributed by atoms with E-state index in [4.69, 9.17) is 0 Å². The molecule has 1 aliphatic rings. The van der Waals surface area contributed by atoms with Gasteiger partial charge in [-0.25, -0.2) is 8.42 Å². The Morgan fingerprint density at radius 1 is 1.07 bits per heavy atom. The summed E-state index contributed by atoms with van der Waals surface area (Å²) in [7, 11) is -3.61. The Hall–Kier alpha value is -2.38. The van der Waals surface area contributed by atoms with Gasteiger partial charge in [0, 0.05) is 5.56 Å². The van der Waals surface area contributed by atoms with Crippen LogP contribution >= 0.6 is 0 Å². The lowest BCUT2D eigenvalue weighted by molar-refractivity contribution is -0.917. The summed E-state index contributed by atoms with van der Waals surface area (Å²) in [5.74, 6) is -0.140. The van der Waals surface area contributed by atoms with Gasteiger partial charge in [0.25, 0.3) is 0 Å². The van der Waals surface area contributed by atoms with Crippen molar-refractivity contribution in [1.82, 2.24) is 4.90 Å². The molecule has 1 heterocycles. The number of benzene rings is 2. The number of amides is 1. The molecule has 2 aromatic rings. The molecule has 1 N–H and O–H groups in total. The standard InChI is InChI=1S/C23H31N3O3S/c1-18-14-19(2)16-22(15-18)26(30(4,28)29)20(3)23(27)25-12-10-24(11-13-25)17-21-8-6-5-7-9-21/h5-9,14-16,20H,10-13,17H2,1-4H3/p+1/t20-/m0/s1. The first kappa shape index (κ1) is 22.3. The van der Waals surface area contributed by atoms with E-state index in [1.165, 1.54) is 14.8 Å². The third-order valence-corrected chi connectivity index (χ3v) is 6.85. The zero-order chi connectivity index (χ0) is 21.9. The second kappa shape index (κ2) is 9.18. The van der Waals surface area contributed by atoms with Crippen molar-refractivity contribution in [3.05, 3.63) is 65.2 Å². The Kier molecular flexibility index (Phi) is 6.83. The van der Waals surface area contributed by atoms with E-state index in [0.29, 0.717) is 18.8 Å². The van der Waals surface area contributed by atoms with Crippen LogP contribution in [0.25, 0.3) is 0 Å². The molecule has 30 heavy (non-hydrogen) atoms. The van der Waals surface area contributed by atoms with E-state index >= 15 is 0 Å². The molecule has 1 atom stereocenters. The van der Waals surface area contributed by atoms with Gasteiger partial charge in [0.05, 0.1) is 38.1 Å². The number of quaternary nitrogens is 1. The Balaban J connectivity index is 1.70. The number of carbonyl (C=O) groups excluding carboxylic acids is 1. The number of rotatable bonds is 6. The van der Waals surface area contributed by atoms with E-state index in [2.05, 4.69) is 12.1 Å². The molecule has 162 valence electrons. The molecule has 0 aliphatic carbocycles. The number of anilines is 1. The van der Waals surface area contributed by atoms with Gasteiger partial charge in [-0.1, -0.05) is 36.4 Å². The van der Waals surface area contributed by atoms with Crippen LogP contribution in [0.1, 0.15) is 23.6 Å². The number of hydrogen-bond acceptors (Lipinski definition) is 3. The summed E-state index contributed by atoms with van der Waals surface area (Å²) in [6.45, 7) is 9.47. The van der Waals surface area contributed by atoms with Crippen molar-refractivity contribution in [1.29, 1.82) is 0 Å². The largest absolute Gasteiger partial charge is 0.330 e. The van der Waals surface area contributed by atoms with Crippen molar-refractivity contribution >= 4 is 21.6 Å². The molecule has 7 heteroatoms. The Bertz CT molecular complexity index is 964. The van der Waals surface area contributed by atoms with Gasteiger partial charge in [-0.15, -0.1) is 0 Å². The SMILES string of the molecule is Cc1cc(C)cc(N([C@@H](C)C(=O)N2CC[NH+](Cc3ccccc3)CC2)S(C)(=O)=O)c1. The smallest absolute Gasteiger partial charge is 0.246 e. The van der Waals surface area contributed by atoms with Crippen molar-refractivity contribution in [2.45, 2.75) is 33.4 Å². The number of hydrogen-bond donors (Lipinski definition) is 1. The molecule has 6 nitrogen and oxygen atoms in total. The zero-order valence-corrected chi connectivity index (χ0v) is 19.1. The van der Waals surface area contributed by atoms with Crippen LogP contribution in [-0.4, -0.2) is 57.7 Å². The number of carbonyl (C=O) groups is 1. The Labute approximate surface area is 180 Å². The summed E-state index contributed by atoms with van der Waals surface area (Å²) in [6.07, 6.45) is 1.16. The van der Waals surface area contributed by atoms with Crippen LogP contribution in [0, 0.1) is 13.8 Å². The number of nitrogens with one attached hydrogen (secondary N) is 1. The Morgan fingerprint density at radius 3 is 2.17 bits per heavy atom. The lowest BCUT2D eigenvalue weighted by Crippen LogP contribution is -3.13. The van der Waals surface area contributed by atoms with Crippen LogP contribution in [0.2, 0.25) is 0 Å². The second-order valence-electron chi connectivity index (χ2n) is 8.32. The third kappa shape index (κ3) is 5.40. The van der Waals surface area contributed by atoms with Gasteiger partial charge < -0.3 is 9.80 Å². The first-order chi connectivity index (χ1) is 14.1. The van der Waals surface area contributed by atoms with Gasteiger partial charge in [0.1, 0.15) is 12.6 Å². The molecular formula is C23H32N3O3S+. The maximum Gasteiger partial charge on any atom is 0.246 e. The lowest BCUT2D eigenvalue weighted by atomic mass is 10.1. The second-order valence-corrected chi connectivity index (χ2v) is 10.2. The molecule has 2 aromatic carbocycles. The van der Waals surface area contributed by atoms with Crippen molar-refractivity contribution in [3.63, 3.8) is 0 Å². The minimum Gasteiger partial charge on any atom is -0.330 e. The normalized spacial score (nSPS) is 16.3. The highest BCUT2D eigenvalue weighted by atomic mass is 32.2. The molecule has 1 fully saturated rings. The van der Waals surface area contributed by atoms with Gasteiger partial charge >= 0.3 is 0 Å². The van der Waals surface area contributed by atoms with Crippen LogP contribution in [0.5, 0.6) is 0 Å². The summed E-state index contributed by atoms with van der Waals surface area (Å²) in [6, 6.07) is 15.2. The molecule has 0 aromatic heterocycles. The summed E-state index contributed by atoms with van der Waals surface area (Å²) in [4.78, 5) is 16.4. The number of aryl methyl sites for hydroxylation is 2. The predicted molar refractivity (Wildman–Crippen MR) is 120 cm³/mol. The van der Waals surface area contributed by atoms with Gasteiger partial charge in [-0.05, 0) is 44.0 Å². The fourth-order valence-corrected chi connectivity index (χ4v) is 5.40. The summed E-state index contributed by atoms with van der Waals surface area (Å²) >= 11 is 0. The van der Waals surface area contributed by atoms with Crippen molar-refractivity contribution < 1.29 is 18.1 Å². The van der Waals surface area contributed by atoms with Crippen LogP contribution in [0.3, 0.4) is 0 Å².